The summed E-state index contributed by atoms with van der Waals surface area (Å²) < 4.78 is 10.2. The van der Waals surface area contributed by atoms with Gasteiger partial charge in [-0.2, -0.15) is 0 Å². The first-order valence-electron chi connectivity index (χ1n) is 7.87. The topological polar surface area (TPSA) is 64.6 Å². The fraction of sp³-hybridized carbons (Fsp3) is 0.529. The van der Waals surface area contributed by atoms with Gasteiger partial charge in [0.15, 0.2) is 6.61 Å². The predicted octanol–water partition coefficient (Wildman–Crippen LogP) is 3.80. The van der Waals surface area contributed by atoms with E-state index in [1.165, 1.54) is 32.8 Å². The fourth-order valence-electron chi connectivity index (χ4n) is 2.80. The molecule has 0 saturated heterocycles. The molecule has 1 N–H and O–H groups in total. The third kappa shape index (κ3) is 5.75. The summed E-state index contributed by atoms with van der Waals surface area (Å²) in [6.07, 6.45) is 6.12. The highest BCUT2D eigenvalue weighted by molar-refractivity contribution is 6.31. The first-order chi connectivity index (χ1) is 11.1. The minimum absolute atomic E-state index is 0.306. The highest BCUT2D eigenvalue weighted by atomic mass is 35.5. The Morgan fingerprint density at radius 1 is 1.30 bits per heavy atom. The lowest BCUT2D eigenvalue weighted by atomic mass is 10.0. The van der Waals surface area contributed by atoms with E-state index in [-0.39, 0.29) is 12.6 Å². The Balaban J connectivity index is 1.74. The van der Waals surface area contributed by atoms with Crippen molar-refractivity contribution in [3.8, 4) is 5.75 Å². The lowest BCUT2D eigenvalue weighted by Crippen LogP contribution is -2.21. The lowest BCUT2D eigenvalue weighted by molar-refractivity contribution is -0.147. The van der Waals surface area contributed by atoms with Gasteiger partial charge in [-0.15, -0.1) is 0 Å². The van der Waals surface area contributed by atoms with E-state index in [0.29, 0.717) is 28.8 Å². The van der Waals surface area contributed by atoms with E-state index in [9.17, 15) is 9.59 Å². The Bertz CT molecular complexity index is 556. The molecule has 0 heterocycles. The van der Waals surface area contributed by atoms with Gasteiger partial charge in [0.05, 0.1) is 12.8 Å². The molecule has 0 spiro atoms. The second-order valence-electron chi connectivity index (χ2n) is 5.74. The van der Waals surface area contributed by atoms with Crippen molar-refractivity contribution in [2.75, 3.05) is 19.0 Å². The van der Waals surface area contributed by atoms with E-state index in [0.717, 1.165) is 6.42 Å². The number of carbonyl (C=O) groups excluding carboxylic acids is 2. The Morgan fingerprint density at radius 3 is 2.74 bits per heavy atom. The van der Waals surface area contributed by atoms with Gasteiger partial charge in [0.1, 0.15) is 5.75 Å². The maximum Gasteiger partial charge on any atom is 0.306 e. The van der Waals surface area contributed by atoms with Crippen molar-refractivity contribution in [1.29, 1.82) is 0 Å². The van der Waals surface area contributed by atoms with E-state index in [1.54, 1.807) is 18.2 Å². The highest BCUT2D eigenvalue weighted by Gasteiger charge is 2.17. The molecular weight excluding hydrogens is 318 g/mol. The SMILES string of the molecule is COc1ccc(Cl)cc1NC(=O)COC(=O)CCC1CCCC1. The summed E-state index contributed by atoms with van der Waals surface area (Å²) in [5.74, 6) is 0.382. The number of carbonyl (C=O) groups is 2. The third-order valence-electron chi connectivity index (χ3n) is 4.03. The number of hydrogen-bond acceptors (Lipinski definition) is 4. The first-order valence-corrected chi connectivity index (χ1v) is 8.25. The summed E-state index contributed by atoms with van der Waals surface area (Å²) >= 11 is 5.90. The van der Waals surface area contributed by atoms with Gasteiger partial charge in [-0.05, 0) is 30.5 Å². The summed E-state index contributed by atoms with van der Waals surface area (Å²) in [4.78, 5) is 23.6. The number of amides is 1. The van der Waals surface area contributed by atoms with Gasteiger partial charge in [0.25, 0.3) is 5.91 Å². The Hall–Kier alpha value is -1.75. The van der Waals surface area contributed by atoms with E-state index in [4.69, 9.17) is 21.1 Å². The number of hydrogen-bond donors (Lipinski definition) is 1. The van der Waals surface area contributed by atoms with Crippen LogP contribution in [-0.2, 0) is 14.3 Å². The molecule has 1 aliphatic carbocycles. The van der Waals surface area contributed by atoms with Crippen LogP contribution in [0, 0.1) is 5.92 Å². The normalized spacial score (nSPS) is 14.5. The maximum atomic E-state index is 11.9. The maximum absolute atomic E-state index is 11.9. The minimum atomic E-state index is -0.417. The van der Waals surface area contributed by atoms with Crippen LogP contribution in [0.1, 0.15) is 38.5 Å². The van der Waals surface area contributed by atoms with Gasteiger partial charge in [0, 0.05) is 11.4 Å². The smallest absolute Gasteiger partial charge is 0.306 e. The Kier molecular flexibility index (Phi) is 6.71. The van der Waals surface area contributed by atoms with Crippen molar-refractivity contribution in [2.45, 2.75) is 38.5 Å². The van der Waals surface area contributed by atoms with Crippen LogP contribution in [0.3, 0.4) is 0 Å². The zero-order valence-electron chi connectivity index (χ0n) is 13.3. The van der Waals surface area contributed by atoms with Gasteiger partial charge in [-0.1, -0.05) is 37.3 Å². The van der Waals surface area contributed by atoms with Crippen LogP contribution in [-0.4, -0.2) is 25.6 Å². The van der Waals surface area contributed by atoms with Gasteiger partial charge >= 0.3 is 5.97 Å². The molecule has 23 heavy (non-hydrogen) atoms. The van der Waals surface area contributed by atoms with Crippen LogP contribution in [0.15, 0.2) is 18.2 Å². The standard InChI is InChI=1S/C17H22ClNO4/c1-22-15-8-7-13(18)10-14(15)19-16(20)11-23-17(21)9-6-12-4-2-3-5-12/h7-8,10,12H,2-6,9,11H2,1H3,(H,19,20). The van der Waals surface area contributed by atoms with Gasteiger partial charge in [-0.25, -0.2) is 0 Å². The molecule has 0 radical (unpaired) electrons. The summed E-state index contributed by atoms with van der Waals surface area (Å²) in [7, 11) is 1.50. The molecule has 1 fully saturated rings. The molecule has 1 aromatic carbocycles. The second kappa shape index (κ2) is 8.77. The molecule has 1 amide bonds. The third-order valence-corrected chi connectivity index (χ3v) is 4.27. The molecule has 126 valence electrons. The van der Waals surface area contributed by atoms with Crippen molar-refractivity contribution in [3.05, 3.63) is 23.2 Å². The van der Waals surface area contributed by atoms with Crippen molar-refractivity contribution >= 4 is 29.2 Å². The molecule has 0 bridgehead atoms. The largest absolute Gasteiger partial charge is 0.495 e. The van der Waals surface area contributed by atoms with Crippen LogP contribution < -0.4 is 10.1 Å². The van der Waals surface area contributed by atoms with Crippen LogP contribution in [0.5, 0.6) is 5.75 Å². The summed E-state index contributed by atoms with van der Waals surface area (Å²) in [5, 5.41) is 3.11. The minimum Gasteiger partial charge on any atom is -0.495 e. The molecule has 1 aromatic rings. The number of nitrogens with one attached hydrogen (secondary N) is 1. The Labute approximate surface area is 141 Å². The van der Waals surface area contributed by atoms with Crippen LogP contribution in [0.25, 0.3) is 0 Å². The molecule has 5 nitrogen and oxygen atoms in total. The van der Waals surface area contributed by atoms with Gasteiger partial charge < -0.3 is 14.8 Å². The van der Waals surface area contributed by atoms with Gasteiger partial charge in [0.2, 0.25) is 0 Å². The van der Waals surface area contributed by atoms with E-state index in [1.807, 2.05) is 0 Å². The highest BCUT2D eigenvalue weighted by Crippen LogP contribution is 2.29. The van der Waals surface area contributed by atoms with E-state index in [2.05, 4.69) is 5.32 Å². The molecule has 6 heteroatoms. The number of anilines is 1. The second-order valence-corrected chi connectivity index (χ2v) is 6.18. The molecule has 1 aliphatic rings. The number of benzene rings is 1. The van der Waals surface area contributed by atoms with Crippen molar-refractivity contribution in [3.63, 3.8) is 0 Å². The molecule has 0 aliphatic heterocycles. The quantitative estimate of drug-likeness (QED) is 0.767. The molecule has 2 rings (SSSR count). The zero-order chi connectivity index (χ0) is 16.7. The first kappa shape index (κ1) is 17.6. The number of esters is 1. The monoisotopic (exact) mass is 339 g/mol. The molecule has 1 saturated carbocycles. The number of halogens is 1. The molecule has 0 aromatic heterocycles. The summed E-state index contributed by atoms with van der Waals surface area (Å²) in [6.45, 7) is -0.306. The fourth-order valence-corrected chi connectivity index (χ4v) is 2.98. The summed E-state index contributed by atoms with van der Waals surface area (Å²) in [5.41, 5.74) is 0.451. The van der Waals surface area contributed by atoms with Crippen molar-refractivity contribution < 1.29 is 19.1 Å². The lowest BCUT2D eigenvalue weighted by Gasteiger charge is -2.11. The zero-order valence-corrected chi connectivity index (χ0v) is 14.0. The van der Waals surface area contributed by atoms with Crippen molar-refractivity contribution in [1.82, 2.24) is 0 Å². The average molecular weight is 340 g/mol. The number of rotatable bonds is 7. The number of ether oxygens (including phenoxy) is 2. The Morgan fingerprint density at radius 2 is 2.04 bits per heavy atom. The predicted molar refractivity (Wildman–Crippen MR) is 88.8 cm³/mol. The van der Waals surface area contributed by atoms with Crippen LogP contribution in [0.4, 0.5) is 5.69 Å². The summed E-state index contributed by atoms with van der Waals surface area (Å²) in [6, 6.07) is 4.91. The molecule has 0 atom stereocenters. The average Bonchev–Trinajstić information content (AvgIpc) is 3.04. The van der Waals surface area contributed by atoms with Crippen molar-refractivity contribution in [2.24, 2.45) is 5.92 Å². The number of methoxy groups -OCH3 is 1. The van der Waals surface area contributed by atoms with E-state index >= 15 is 0 Å². The van der Waals surface area contributed by atoms with Crippen LogP contribution >= 0.6 is 11.6 Å². The van der Waals surface area contributed by atoms with Gasteiger partial charge in [-0.3, -0.25) is 9.59 Å². The van der Waals surface area contributed by atoms with Crippen LogP contribution in [0.2, 0.25) is 5.02 Å². The molecule has 0 unspecified atom stereocenters. The van der Waals surface area contributed by atoms with E-state index < -0.39 is 5.91 Å². The molecular formula is C17H22ClNO4.